The lowest BCUT2D eigenvalue weighted by Gasteiger charge is -2.07. The van der Waals surface area contributed by atoms with Crippen molar-refractivity contribution in [1.82, 2.24) is 9.55 Å². The van der Waals surface area contributed by atoms with Gasteiger partial charge in [0, 0.05) is 17.5 Å². The Hall–Kier alpha value is -1.53. The van der Waals surface area contributed by atoms with Gasteiger partial charge in [0.05, 0.1) is 12.1 Å². The summed E-state index contributed by atoms with van der Waals surface area (Å²) in [6.45, 7) is 1.79. The maximum atomic E-state index is 13.9. The summed E-state index contributed by atoms with van der Waals surface area (Å²) in [5.41, 5.74) is -0.257. The predicted molar refractivity (Wildman–Crippen MR) is 64.9 cm³/mol. The fourth-order valence-corrected chi connectivity index (χ4v) is 2.12. The predicted octanol–water partition coefficient (Wildman–Crippen LogP) is 1.71. The molecule has 2 aromatic rings. The summed E-state index contributed by atoms with van der Waals surface area (Å²) in [6.07, 6.45) is 0. The van der Waals surface area contributed by atoms with E-state index in [9.17, 15) is 9.18 Å². The highest BCUT2D eigenvalue weighted by Gasteiger charge is 2.10. The van der Waals surface area contributed by atoms with Crippen molar-refractivity contribution in [3.8, 4) is 0 Å². The summed E-state index contributed by atoms with van der Waals surface area (Å²) in [5, 5.41) is 9.42. The van der Waals surface area contributed by atoms with Crippen molar-refractivity contribution in [2.24, 2.45) is 0 Å². The van der Waals surface area contributed by atoms with Gasteiger partial charge in [0.2, 0.25) is 0 Å². The number of hydrogen-bond acceptors (Lipinski definition) is 3. The molecule has 17 heavy (non-hydrogen) atoms. The monoisotopic (exact) mass is 254 g/mol. The standard InChI is InChI=1S/C11H11FN2O2S/c1-2-14-10(17)7-4-3-6(5-15)8(12)9(7)13-11(14)16/h3-4,15H,2,5H2,1H3,(H,13,16). The van der Waals surface area contributed by atoms with Crippen LogP contribution in [0.25, 0.3) is 10.9 Å². The minimum atomic E-state index is -0.628. The van der Waals surface area contributed by atoms with Crippen molar-refractivity contribution < 1.29 is 9.50 Å². The maximum absolute atomic E-state index is 13.9. The van der Waals surface area contributed by atoms with E-state index in [1.807, 2.05) is 0 Å². The molecule has 0 unspecified atom stereocenters. The topological polar surface area (TPSA) is 58.0 Å². The molecular weight excluding hydrogens is 243 g/mol. The van der Waals surface area contributed by atoms with E-state index in [2.05, 4.69) is 4.98 Å². The summed E-state index contributed by atoms with van der Waals surface area (Å²) >= 11 is 5.13. The molecule has 1 heterocycles. The zero-order chi connectivity index (χ0) is 12.6. The SMILES string of the molecule is CCn1c(=O)[nH]c2c(F)c(CO)ccc2c1=S. The number of nitrogens with zero attached hydrogens (tertiary/aromatic N) is 1. The molecule has 0 bridgehead atoms. The molecule has 2 rings (SSSR count). The van der Waals surface area contributed by atoms with Crippen LogP contribution in [0.3, 0.4) is 0 Å². The van der Waals surface area contributed by atoms with Gasteiger partial charge in [-0.1, -0.05) is 18.3 Å². The Kier molecular flexibility index (Phi) is 3.08. The Balaban J connectivity index is 2.97. The van der Waals surface area contributed by atoms with Crippen LogP contribution in [0.1, 0.15) is 12.5 Å². The van der Waals surface area contributed by atoms with Crippen LogP contribution in [-0.2, 0) is 13.2 Å². The minimum Gasteiger partial charge on any atom is -0.392 e. The van der Waals surface area contributed by atoms with E-state index >= 15 is 0 Å². The number of aromatic amines is 1. The zero-order valence-corrected chi connectivity index (χ0v) is 9.97. The second-order valence-corrected chi connectivity index (χ2v) is 3.99. The quantitative estimate of drug-likeness (QED) is 0.802. The summed E-state index contributed by atoms with van der Waals surface area (Å²) < 4.78 is 15.5. The first-order valence-corrected chi connectivity index (χ1v) is 5.56. The Morgan fingerprint density at radius 2 is 2.24 bits per heavy atom. The fourth-order valence-electron chi connectivity index (χ4n) is 1.74. The highest BCUT2D eigenvalue weighted by molar-refractivity contribution is 7.71. The number of aromatic nitrogens is 2. The lowest BCUT2D eigenvalue weighted by atomic mass is 10.1. The molecule has 6 heteroatoms. The van der Waals surface area contributed by atoms with Gasteiger partial charge in [0.1, 0.15) is 4.64 Å². The maximum Gasteiger partial charge on any atom is 0.327 e. The zero-order valence-electron chi connectivity index (χ0n) is 9.16. The number of halogens is 1. The third kappa shape index (κ3) is 1.79. The van der Waals surface area contributed by atoms with Crippen molar-refractivity contribution in [2.45, 2.75) is 20.1 Å². The van der Waals surface area contributed by atoms with E-state index < -0.39 is 18.1 Å². The molecule has 0 spiro atoms. The van der Waals surface area contributed by atoms with Crippen LogP contribution in [0.5, 0.6) is 0 Å². The molecule has 4 nitrogen and oxygen atoms in total. The van der Waals surface area contributed by atoms with E-state index in [-0.39, 0.29) is 11.1 Å². The van der Waals surface area contributed by atoms with Crippen LogP contribution >= 0.6 is 12.2 Å². The first-order valence-electron chi connectivity index (χ1n) is 5.15. The molecule has 1 aromatic heterocycles. The van der Waals surface area contributed by atoms with Gasteiger partial charge in [0.15, 0.2) is 5.82 Å². The second-order valence-electron chi connectivity index (χ2n) is 3.60. The Morgan fingerprint density at radius 3 is 2.82 bits per heavy atom. The van der Waals surface area contributed by atoms with Crippen LogP contribution in [0.4, 0.5) is 4.39 Å². The van der Waals surface area contributed by atoms with Gasteiger partial charge in [0.25, 0.3) is 0 Å². The number of aliphatic hydroxyl groups excluding tert-OH is 1. The minimum absolute atomic E-state index is 0.0521. The molecule has 0 radical (unpaired) electrons. The fraction of sp³-hybridized carbons (Fsp3) is 0.273. The molecule has 0 saturated carbocycles. The summed E-state index contributed by atoms with van der Waals surface area (Å²) in [6, 6.07) is 3.07. The third-order valence-corrected chi connectivity index (χ3v) is 3.10. The van der Waals surface area contributed by atoms with E-state index in [0.29, 0.717) is 16.6 Å². The van der Waals surface area contributed by atoms with Crippen LogP contribution in [0, 0.1) is 10.5 Å². The Labute approximate surface area is 101 Å². The molecule has 0 fully saturated rings. The normalized spacial score (nSPS) is 11.0. The van der Waals surface area contributed by atoms with E-state index in [4.69, 9.17) is 17.3 Å². The number of rotatable bonds is 2. The van der Waals surface area contributed by atoms with Crippen molar-refractivity contribution >= 4 is 23.1 Å². The summed E-state index contributed by atoms with van der Waals surface area (Å²) in [7, 11) is 0. The average Bonchev–Trinajstić information content (AvgIpc) is 2.31. The number of benzene rings is 1. The van der Waals surface area contributed by atoms with E-state index in [1.54, 1.807) is 13.0 Å². The molecule has 0 aliphatic carbocycles. The van der Waals surface area contributed by atoms with E-state index in [0.717, 1.165) is 0 Å². The van der Waals surface area contributed by atoms with Crippen molar-refractivity contribution in [2.75, 3.05) is 0 Å². The van der Waals surface area contributed by atoms with Gasteiger partial charge < -0.3 is 10.1 Å². The number of aliphatic hydroxyl groups is 1. The smallest absolute Gasteiger partial charge is 0.327 e. The van der Waals surface area contributed by atoms with Crippen LogP contribution < -0.4 is 5.69 Å². The molecule has 2 N–H and O–H groups in total. The number of nitrogens with one attached hydrogen (secondary N) is 1. The average molecular weight is 254 g/mol. The number of fused-ring (bicyclic) bond motifs is 1. The molecule has 90 valence electrons. The summed E-state index contributed by atoms with van der Waals surface area (Å²) in [5.74, 6) is -0.628. The first-order chi connectivity index (χ1) is 8.10. The molecule has 0 aliphatic heterocycles. The first kappa shape index (κ1) is 11.9. The highest BCUT2D eigenvalue weighted by atomic mass is 32.1. The lowest BCUT2D eigenvalue weighted by Crippen LogP contribution is -2.23. The third-order valence-electron chi connectivity index (χ3n) is 2.66. The highest BCUT2D eigenvalue weighted by Crippen LogP contribution is 2.19. The van der Waals surface area contributed by atoms with Gasteiger partial charge in [-0.15, -0.1) is 0 Å². The molecule has 0 aliphatic rings. The number of H-pyrrole nitrogens is 1. The molecule has 0 saturated heterocycles. The van der Waals surface area contributed by atoms with Gasteiger partial charge in [-0.05, 0) is 13.0 Å². The Bertz CT molecular complexity index is 690. The summed E-state index contributed by atoms with van der Waals surface area (Å²) in [4.78, 5) is 14.1. The van der Waals surface area contributed by atoms with Gasteiger partial charge in [-0.2, -0.15) is 0 Å². The van der Waals surface area contributed by atoms with Crippen LogP contribution in [-0.4, -0.2) is 14.7 Å². The molecule has 0 amide bonds. The van der Waals surface area contributed by atoms with E-state index in [1.165, 1.54) is 10.6 Å². The van der Waals surface area contributed by atoms with Gasteiger partial charge in [-0.3, -0.25) is 4.57 Å². The van der Waals surface area contributed by atoms with Gasteiger partial charge >= 0.3 is 5.69 Å². The lowest BCUT2D eigenvalue weighted by molar-refractivity contribution is 0.276. The van der Waals surface area contributed by atoms with Crippen molar-refractivity contribution in [3.63, 3.8) is 0 Å². The largest absolute Gasteiger partial charge is 0.392 e. The molecule has 0 atom stereocenters. The van der Waals surface area contributed by atoms with Crippen molar-refractivity contribution in [3.05, 3.63) is 38.6 Å². The van der Waals surface area contributed by atoms with Gasteiger partial charge in [-0.25, -0.2) is 9.18 Å². The Morgan fingerprint density at radius 1 is 1.53 bits per heavy atom. The number of hydrogen-bond donors (Lipinski definition) is 2. The van der Waals surface area contributed by atoms with Crippen LogP contribution in [0.2, 0.25) is 0 Å². The van der Waals surface area contributed by atoms with Crippen molar-refractivity contribution in [1.29, 1.82) is 0 Å². The molecular formula is C11H11FN2O2S. The second kappa shape index (κ2) is 4.38. The molecule has 1 aromatic carbocycles. The van der Waals surface area contributed by atoms with Crippen LogP contribution in [0.15, 0.2) is 16.9 Å².